The van der Waals surface area contributed by atoms with Gasteiger partial charge in [0.05, 0.1) is 13.2 Å². The molecule has 6 nitrogen and oxygen atoms in total. The number of amides is 2. The van der Waals surface area contributed by atoms with Gasteiger partial charge in [-0.25, -0.2) is 0 Å². The van der Waals surface area contributed by atoms with Gasteiger partial charge in [-0.3, -0.25) is 9.59 Å². The highest BCUT2D eigenvalue weighted by atomic mass is 32.1. The Bertz CT molecular complexity index is 1120. The van der Waals surface area contributed by atoms with E-state index in [4.69, 9.17) is 9.84 Å². The quantitative estimate of drug-likeness (QED) is 0.363. The van der Waals surface area contributed by atoms with Crippen molar-refractivity contribution in [2.45, 2.75) is 25.2 Å². The average Bonchev–Trinajstić information content (AvgIpc) is 3.58. The van der Waals surface area contributed by atoms with Gasteiger partial charge in [0.25, 0.3) is 11.8 Å². The van der Waals surface area contributed by atoms with Crippen LogP contribution < -0.4 is 15.4 Å². The molecule has 1 fully saturated rings. The van der Waals surface area contributed by atoms with Crippen molar-refractivity contribution in [3.8, 4) is 5.75 Å². The van der Waals surface area contributed by atoms with Crippen LogP contribution in [0.4, 0.5) is 0 Å². The maximum Gasteiger partial charge on any atom is 0.267 e. The molecule has 2 amide bonds. The van der Waals surface area contributed by atoms with Gasteiger partial charge in [-0.05, 0) is 71.7 Å². The molecule has 1 aromatic heterocycles. The Labute approximate surface area is 203 Å². The first-order valence-corrected chi connectivity index (χ1v) is 12.3. The molecular formula is C27H28N2O4S. The Morgan fingerprint density at radius 3 is 2.47 bits per heavy atom. The summed E-state index contributed by atoms with van der Waals surface area (Å²) in [5.74, 6) is 0.473. The third-order valence-corrected chi connectivity index (χ3v) is 6.44. The number of ether oxygens (including phenoxy) is 1. The van der Waals surface area contributed by atoms with Crippen molar-refractivity contribution in [2.75, 3.05) is 19.8 Å². The van der Waals surface area contributed by atoms with Gasteiger partial charge in [-0.2, -0.15) is 0 Å². The monoisotopic (exact) mass is 476 g/mol. The van der Waals surface area contributed by atoms with Crippen molar-refractivity contribution in [1.82, 2.24) is 10.6 Å². The smallest absolute Gasteiger partial charge is 0.267 e. The number of rotatable bonds is 11. The van der Waals surface area contributed by atoms with E-state index in [0.717, 1.165) is 12.0 Å². The molecule has 1 aliphatic carbocycles. The summed E-state index contributed by atoms with van der Waals surface area (Å²) in [6.07, 6.45) is 4.92. The van der Waals surface area contributed by atoms with Gasteiger partial charge in [-0.15, -0.1) is 11.3 Å². The zero-order valence-electron chi connectivity index (χ0n) is 18.8. The van der Waals surface area contributed by atoms with Crippen LogP contribution in [0.3, 0.4) is 0 Å². The lowest BCUT2D eigenvalue weighted by molar-refractivity contribution is -0.117. The van der Waals surface area contributed by atoms with E-state index < -0.39 is 11.8 Å². The highest BCUT2D eigenvalue weighted by molar-refractivity contribution is 7.09. The van der Waals surface area contributed by atoms with Gasteiger partial charge in [0, 0.05) is 23.4 Å². The van der Waals surface area contributed by atoms with Crippen LogP contribution in [0.5, 0.6) is 5.75 Å². The van der Waals surface area contributed by atoms with Crippen LogP contribution in [0.25, 0.3) is 6.08 Å². The zero-order chi connectivity index (χ0) is 23.8. The summed E-state index contributed by atoms with van der Waals surface area (Å²) < 4.78 is 5.76. The van der Waals surface area contributed by atoms with Crippen LogP contribution in [0.1, 0.15) is 45.1 Å². The van der Waals surface area contributed by atoms with Crippen molar-refractivity contribution < 1.29 is 19.4 Å². The molecule has 34 heavy (non-hydrogen) atoms. The van der Waals surface area contributed by atoms with Gasteiger partial charge >= 0.3 is 0 Å². The third-order valence-electron chi connectivity index (χ3n) is 5.50. The van der Waals surface area contributed by atoms with Crippen LogP contribution in [0, 0.1) is 0 Å². The topological polar surface area (TPSA) is 87.7 Å². The molecule has 1 heterocycles. The number of aliphatic hydroxyl groups excluding tert-OH is 1. The third kappa shape index (κ3) is 6.79. The molecule has 0 unspecified atom stereocenters. The van der Waals surface area contributed by atoms with E-state index in [-0.39, 0.29) is 18.8 Å². The Balaban J connectivity index is 1.40. The first-order valence-electron chi connectivity index (χ1n) is 11.4. The number of hydrogen-bond donors (Lipinski definition) is 3. The number of carbonyl (C=O) groups excluding carboxylic acids is 2. The molecule has 1 aliphatic rings. The van der Waals surface area contributed by atoms with Crippen molar-refractivity contribution in [3.63, 3.8) is 0 Å². The van der Waals surface area contributed by atoms with Gasteiger partial charge in [0.2, 0.25) is 0 Å². The molecule has 3 aromatic rings. The predicted octanol–water partition coefficient (Wildman–Crippen LogP) is 4.13. The van der Waals surface area contributed by atoms with Crippen LogP contribution in [-0.2, 0) is 11.2 Å². The van der Waals surface area contributed by atoms with Gasteiger partial charge in [-0.1, -0.05) is 30.3 Å². The molecule has 0 radical (unpaired) electrons. The Morgan fingerprint density at radius 1 is 1.06 bits per heavy atom. The fourth-order valence-corrected chi connectivity index (χ4v) is 4.18. The largest absolute Gasteiger partial charge is 0.493 e. The minimum atomic E-state index is -0.456. The highest BCUT2D eigenvalue weighted by Gasteiger charge is 2.23. The predicted molar refractivity (Wildman–Crippen MR) is 134 cm³/mol. The number of aliphatic hydroxyl groups is 1. The van der Waals surface area contributed by atoms with Crippen LogP contribution in [-0.4, -0.2) is 36.7 Å². The number of carbonyl (C=O) groups is 2. The highest BCUT2D eigenvalue weighted by Crippen LogP contribution is 2.39. The lowest BCUT2D eigenvalue weighted by atomic mass is 10.1. The molecular weight excluding hydrogens is 448 g/mol. The second-order valence-electron chi connectivity index (χ2n) is 8.13. The molecule has 0 aliphatic heterocycles. The molecule has 0 atom stereocenters. The van der Waals surface area contributed by atoms with E-state index in [1.165, 1.54) is 23.3 Å². The van der Waals surface area contributed by atoms with Crippen molar-refractivity contribution in [1.29, 1.82) is 0 Å². The summed E-state index contributed by atoms with van der Waals surface area (Å²) in [5, 5.41) is 16.4. The minimum Gasteiger partial charge on any atom is -0.493 e. The van der Waals surface area contributed by atoms with Crippen molar-refractivity contribution in [2.24, 2.45) is 0 Å². The van der Waals surface area contributed by atoms with Crippen LogP contribution in [0.2, 0.25) is 0 Å². The van der Waals surface area contributed by atoms with E-state index in [9.17, 15) is 9.59 Å². The van der Waals surface area contributed by atoms with E-state index in [1.54, 1.807) is 41.7 Å². The van der Waals surface area contributed by atoms with Gasteiger partial charge < -0.3 is 20.5 Å². The lowest BCUT2D eigenvalue weighted by Crippen LogP contribution is -2.36. The normalized spacial score (nSPS) is 13.4. The molecule has 7 heteroatoms. The second kappa shape index (κ2) is 11.6. The summed E-state index contributed by atoms with van der Waals surface area (Å²) in [7, 11) is 0. The van der Waals surface area contributed by atoms with E-state index in [1.807, 2.05) is 23.6 Å². The number of benzene rings is 2. The first-order chi connectivity index (χ1) is 16.6. The Hall–Kier alpha value is -3.42. The Kier molecular flexibility index (Phi) is 8.12. The molecule has 3 N–H and O–H groups in total. The summed E-state index contributed by atoms with van der Waals surface area (Å²) in [6.45, 7) is 0.477. The number of thiophene rings is 1. The zero-order valence-corrected chi connectivity index (χ0v) is 19.6. The summed E-state index contributed by atoms with van der Waals surface area (Å²) in [5.41, 5.74) is 2.64. The average molecular weight is 477 g/mol. The lowest BCUT2D eigenvalue weighted by Gasteiger charge is -2.11. The Morgan fingerprint density at radius 2 is 1.82 bits per heavy atom. The van der Waals surface area contributed by atoms with Gasteiger partial charge in [0.1, 0.15) is 11.4 Å². The molecule has 0 bridgehead atoms. The molecule has 176 valence electrons. The van der Waals surface area contributed by atoms with Crippen molar-refractivity contribution >= 4 is 29.2 Å². The summed E-state index contributed by atoms with van der Waals surface area (Å²) >= 11 is 1.70. The summed E-state index contributed by atoms with van der Waals surface area (Å²) in [4.78, 5) is 26.7. The molecule has 2 aromatic carbocycles. The number of nitrogens with one attached hydrogen (secondary N) is 2. The second-order valence-corrected chi connectivity index (χ2v) is 9.17. The number of hydrogen-bond acceptors (Lipinski definition) is 5. The fourth-order valence-electron chi connectivity index (χ4n) is 3.49. The van der Waals surface area contributed by atoms with Gasteiger partial charge in [0.15, 0.2) is 0 Å². The molecule has 4 rings (SSSR count). The van der Waals surface area contributed by atoms with Crippen molar-refractivity contribution in [3.05, 3.63) is 93.3 Å². The molecule has 0 saturated heterocycles. The summed E-state index contributed by atoms with van der Waals surface area (Å²) in [6, 6.07) is 18.9. The maximum absolute atomic E-state index is 12.8. The minimum absolute atomic E-state index is 0.101. The maximum atomic E-state index is 12.8. The first kappa shape index (κ1) is 23.7. The van der Waals surface area contributed by atoms with Crippen LogP contribution >= 0.6 is 11.3 Å². The van der Waals surface area contributed by atoms with Crippen LogP contribution in [0.15, 0.2) is 71.7 Å². The molecule has 1 saturated carbocycles. The SMILES string of the molecule is O=C(NCCO)/C(=C\c1ccc(C2CC2)cc1)NC(=O)c1ccc(OCCc2cccs2)cc1. The molecule has 0 spiro atoms. The fraction of sp³-hybridized carbons (Fsp3) is 0.259. The van der Waals surface area contributed by atoms with E-state index in [0.29, 0.717) is 23.8 Å². The standard InChI is InChI=1S/C27H28N2O4S/c30-15-14-28-27(32)25(18-19-3-5-20(6-4-19)21-7-8-21)29-26(31)22-9-11-23(12-10-22)33-16-13-24-2-1-17-34-24/h1-6,9-12,17-18,21,30H,7-8,13-16H2,(H,28,32)(H,29,31)/b25-18+. The van der Waals surface area contributed by atoms with E-state index in [2.05, 4.69) is 28.8 Å². The van der Waals surface area contributed by atoms with E-state index >= 15 is 0 Å².